The summed E-state index contributed by atoms with van der Waals surface area (Å²) in [5.74, 6) is -0.298. The van der Waals surface area contributed by atoms with Crippen LogP contribution in [0.1, 0.15) is 5.56 Å². The fraction of sp³-hybridized carbons (Fsp3) is 0.0667. The summed E-state index contributed by atoms with van der Waals surface area (Å²) in [7, 11) is 0. The topological polar surface area (TPSA) is 30.9 Å². The second-order valence-electron chi connectivity index (χ2n) is 4.35. The summed E-state index contributed by atoms with van der Waals surface area (Å²) in [6, 6.07) is 14.8. The summed E-state index contributed by atoms with van der Waals surface area (Å²) < 4.78 is 15.1. The quantitative estimate of drug-likeness (QED) is 0.684. The summed E-state index contributed by atoms with van der Waals surface area (Å²) in [4.78, 5) is 0. The number of nitrogen functional groups attached to an aromatic ring is 1. The van der Waals surface area contributed by atoms with E-state index in [0.29, 0.717) is 12.2 Å². The van der Waals surface area contributed by atoms with Crippen molar-refractivity contribution in [1.29, 1.82) is 0 Å². The summed E-state index contributed by atoms with van der Waals surface area (Å²) in [5, 5.41) is 1.19. The fourth-order valence-corrected chi connectivity index (χ4v) is 2.17. The van der Waals surface area contributed by atoms with Crippen LogP contribution in [-0.2, 0) is 6.54 Å². The van der Waals surface area contributed by atoms with Crippen LogP contribution in [0.15, 0.2) is 54.7 Å². The van der Waals surface area contributed by atoms with Crippen molar-refractivity contribution >= 4 is 16.6 Å². The zero-order chi connectivity index (χ0) is 12.5. The number of rotatable bonds is 2. The third-order valence-corrected chi connectivity index (χ3v) is 3.13. The lowest BCUT2D eigenvalue weighted by Gasteiger charge is -2.08. The van der Waals surface area contributed by atoms with Gasteiger partial charge in [0.15, 0.2) is 0 Å². The molecule has 0 aliphatic carbocycles. The molecule has 2 aromatic carbocycles. The first-order valence-electron chi connectivity index (χ1n) is 5.82. The van der Waals surface area contributed by atoms with Gasteiger partial charge in [0.2, 0.25) is 0 Å². The Labute approximate surface area is 104 Å². The molecular weight excluding hydrogens is 227 g/mol. The molecule has 0 bridgehead atoms. The smallest absolute Gasteiger partial charge is 0.125 e. The number of halogens is 1. The van der Waals surface area contributed by atoms with E-state index in [1.165, 1.54) is 17.5 Å². The SMILES string of the molecule is Nc1cc(F)ccc1Cn1ccc2ccccc21. The summed E-state index contributed by atoms with van der Waals surface area (Å²) in [6.45, 7) is 0.652. The van der Waals surface area contributed by atoms with Crippen LogP contribution in [0.2, 0.25) is 0 Å². The van der Waals surface area contributed by atoms with E-state index in [4.69, 9.17) is 5.73 Å². The maximum absolute atomic E-state index is 13.0. The Morgan fingerprint density at radius 3 is 2.72 bits per heavy atom. The highest BCUT2D eigenvalue weighted by Gasteiger charge is 2.04. The maximum atomic E-state index is 13.0. The molecule has 1 heterocycles. The normalized spacial score (nSPS) is 10.9. The van der Waals surface area contributed by atoms with Crippen LogP contribution in [0.5, 0.6) is 0 Å². The second kappa shape index (κ2) is 4.18. The molecule has 2 nitrogen and oxygen atoms in total. The molecule has 18 heavy (non-hydrogen) atoms. The van der Waals surface area contributed by atoms with Crippen molar-refractivity contribution in [3.8, 4) is 0 Å². The molecule has 0 amide bonds. The molecule has 0 radical (unpaired) electrons. The maximum Gasteiger partial charge on any atom is 0.125 e. The Kier molecular flexibility index (Phi) is 2.52. The van der Waals surface area contributed by atoms with Crippen LogP contribution in [-0.4, -0.2) is 4.57 Å². The van der Waals surface area contributed by atoms with Crippen molar-refractivity contribution < 1.29 is 4.39 Å². The molecule has 3 aromatic rings. The standard InChI is InChI=1S/C15H13FN2/c16-13-6-5-12(14(17)9-13)10-18-8-7-11-3-1-2-4-15(11)18/h1-9H,10,17H2. The number of nitrogens with two attached hydrogens (primary N) is 1. The van der Waals surface area contributed by atoms with Crippen LogP contribution in [0.3, 0.4) is 0 Å². The molecular formula is C15H13FN2. The molecule has 0 unspecified atom stereocenters. The third kappa shape index (κ3) is 1.84. The predicted molar refractivity (Wildman–Crippen MR) is 71.9 cm³/mol. The van der Waals surface area contributed by atoms with Crippen molar-refractivity contribution in [2.45, 2.75) is 6.54 Å². The number of para-hydroxylation sites is 1. The molecule has 2 N–H and O–H groups in total. The minimum atomic E-state index is -0.298. The van der Waals surface area contributed by atoms with E-state index in [2.05, 4.69) is 22.8 Å². The molecule has 0 aliphatic rings. The van der Waals surface area contributed by atoms with Crippen molar-refractivity contribution in [2.24, 2.45) is 0 Å². The number of hydrogen-bond donors (Lipinski definition) is 1. The van der Waals surface area contributed by atoms with Gasteiger partial charge in [-0.25, -0.2) is 4.39 Å². The highest BCUT2D eigenvalue weighted by atomic mass is 19.1. The van der Waals surface area contributed by atoms with Gasteiger partial charge in [-0.1, -0.05) is 24.3 Å². The van der Waals surface area contributed by atoms with Gasteiger partial charge in [-0.3, -0.25) is 0 Å². The summed E-state index contributed by atoms with van der Waals surface area (Å²) in [6.07, 6.45) is 2.02. The zero-order valence-corrected chi connectivity index (χ0v) is 9.81. The Hall–Kier alpha value is -2.29. The lowest BCUT2D eigenvalue weighted by Crippen LogP contribution is -2.02. The van der Waals surface area contributed by atoms with E-state index in [1.54, 1.807) is 6.07 Å². The van der Waals surface area contributed by atoms with Gasteiger partial charge in [0.25, 0.3) is 0 Å². The van der Waals surface area contributed by atoms with Crippen molar-refractivity contribution in [1.82, 2.24) is 4.57 Å². The van der Waals surface area contributed by atoms with Crippen molar-refractivity contribution in [3.63, 3.8) is 0 Å². The lowest BCUT2D eigenvalue weighted by molar-refractivity contribution is 0.627. The van der Waals surface area contributed by atoms with Gasteiger partial charge in [0.05, 0.1) is 0 Å². The first kappa shape index (κ1) is 10.8. The highest BCUT2D eigenvalue weighted by molar-refractivity contribution is 5.80. The van der Waals surface area contributed by atoms with Gasteiger partial charge < -0.3 is 10.3 Å². The van der Waals surface area contributed by atoms with Crippen LogP contribution < -0.4 is 5.73 Å². The number of fused-ring (bicyclic) bond motifs is 1. The average Bonchev–Trinajstić information content (AvgIpc) is 2.76. The molecule has 3 heteroatoms. The number of aromatic nitrogens is 1. The van der Waals surface area contributed by atoms with Crippen LogP contribution >= 0.6 is 0 Å². The number of anilines is 1. The summed E-state index contributed by atoms with van der Waals surface area (Å²) in [5.41, 5.74) is 8.40. The molecule has 0 aliphatic heterocycles. The van der Waals surface area contributed by atoms with E-state index >= 15 is 0 Å². The Morgan fingerprint density at radius 2 is 1.89 bits per heavy atom. The molecule has 0 spiro atoms. The molecule has 0 saturated carbocycles. The van der Waals surface area contributed by atoms with E-state index < -0.39 is 0 Å². The number of benzene rings is 2. The molecule has 1 aromatic heterocycles. The van der Waals surface area contributed by atoms with E-state index in [9.17, 15) is 4.39 Å². The first-order chi connectivity index (χ1) is 8.74. The highest BCUT2D eigenvalue weighted by Crippen LogP contribution is 2.20. The van der Waals surface area contributed by atoms with Crippen LogP contribution in [0.4, 0.5) is 10.1 Å². The molecule has 0 fully saturated rings. The second-order valence-corrected chi connectivity index (χ2v) is 4.35. The predicted octanol–water partition coefficient (Wildman–Crippen LogP) is 3.41. The largest absolute Gasteiger partial charge is 0.398 e. The van der Waals surface area contributed by atoms with Gasteiger partial charge >= 0.3 is 0 Å². The zero-order valence-electron chi connectivity index (χ0n) is 9.81. The van der Waals surface area contributed by atoms with E-state index in [1.807, 2.05) is 18.3 Å². The third-order valence-electron chi connectivity index (χ3n) is 3.13. The Morgan fingerprint density at radius 1 is 1.06 bits per heavy atom. The molecule has 3 rings (SSSR count). The van der Waals surface area contributed by atoms with Gasteiger partial charge in [-0.2, -0.15) is 0 Å². The van der Waals surface area contributed by atoms with Gasteiger partial charge in [0.1, 0.15) is 5.82 Å². The minimum absolute atomic E-state index is 0.298. The molecule has 0 saturated heterocycles. The lowest BCUT2D eigenvalue weighted by atomic mass is 10.1. The number of nitrogens with zero attached hydrogens (tertiary/aromatic N) is 1. The van der Waals surface area contributed by atoms with Crippen LogP contribution in [0.25, 0.3) is 10.9 Å². The van der Waals surface area contributed by atoms with Gasteiger partial charge in [0, 0.05) is 23.9 Å². The van der Waals surface area contributed by atoms with E-state index in [0.717, 1.165) is 11.1 Å². The average molecular weight is 240 g/mol. The molecule has 0 atom stereocenters. The van der Waals surface area contributed by atoms with Crippen LogP contribution in [0, 0.1) is 5.82 Å². The monoisotopic (exact) mass is 240 g/mol. The summed E-state index contributed by atoms with van der Waals surface area (Å²) >= 11 is 0. The fourth-order valence-electron chi connectivity index (χ4n) is 2.17. The van der Waals surface area contributed by atoms with Gasteiger partial charge in [-0.15, -0.1) is 0 Å². The Balaban J connectivity index is 2.01. The molecule has 90 valence electrons. The minimum Gasteiger partial charge on any atom is -0.398 e. The van der Waals surface area contributed by atoms with Gasteiger partial charge in [-0.05, 0) is 35.2 Å². The Bertz CT molecular complexity index is 701. The van der Waals surface area contributed by atoms with Crippen molar-refractivity contribution in [2.75, 3.05) is 5.73 Å². The first-order valence-corrected chi connectivity index (χ1v) is 5.82. The number of hydrogen-bond acceptors (Lipinski definition) is 1. The van der Waals surface area contributed by atoms with Crippen molar-refractivity contribution in [3.05, 3.63) is 66.1 Å². The van der Waals surface area contributed by atoms with E-state index in [-0.39, 0.29) is 5.82 Å².